The van der Waals surface area contributed by atoms with Crippen molar-refractivity contribution in [3.63, 3.8) is 0 Å². The zero-order chi connectivity index (χ0) is 19.3. The summed E-state index contributed by atoms with van der Waals surface area (Å²) in [4.78, 5) is 13.9. The summed E-state index contributed by atoms with van der Waals surface area (Å²) in [5.41, 5.74) is 2.40. The van der Waals surface area contributed by atoms with Crippen LogP contribution < -0.4 is 4.74 Å². The third-order valence-electron chi connectivity index (χ3n) is 4.41. The van der Waals surface area contributed by atoms with Crippen molar-refractivity contribution in [2.24, 2.45) is 0 Å². The van der Waals surface area contributed by atoms with Crippen LogP contribution in [0.3, 0.4) is 0 Å². The largest absolute Gasteiger partial charge is 0.423 e. The number of hydrogen-bond donors (Lipinski definition) is 0. The second-order valence-electron chi connectivity index (χ2n) is 6.23. The fourth-order valence-corrected chi connectivity index (χ4v) is 4.01. The average Bonchev–Trinajstić information content (AvgIpc) is 2.75. The van der Waals surface area contributed by atoms with Crippen molar-refractivity contribution < 1.29 is 9.53 Å². The summed E-state index contributed by atoms with van der Waals surface area (Å²) in [5.74, 6) is 0.0892. The lowest BCUT2D eigenvalue weighted by molar-refractivity contribution is -0.128. The van der Waals surface area contributed by atoms with Gasteiger partial charge in [-0.05, 0) is 40.8 Å². The molecule has 0 radical (unpaired) electrons. The number of carbonyl (C=O) groups is 1. The summed E-state index contributed by atoms with van der Waals surface area (Å²) >= 11 is 1.69. The molecule has 0 aliphatic carbocycles. The molecule has 0 N–H and O–H groups in total. The molecule has 0 fully saturated rings. The summed E-state index contributed by atoms with van der Waals surface area (Å²) in [5, 5.41) is 1.96. The summed E-state index contributed by atoms with van der Waals surface area (Å²) < 4.78 is 5.38. The van der Waals surface area contributed by atoms with Crippen LogP contribution in [-0.2, 0) is 4.79 Å². The highest BCUT2D eigenvalue weighted by atomic mass is 32.2. The molecule has 0 amide bonds. The molecule has 136 valence electrons. The van der Waals surface area contributed by atoms with Gasteiger partial charge in [-0.1, -0.05) is 85.1 Å². The van der Waals surface area contributed by atoms with E-state index in [1.807, 2.05) is 42.5 Å². The first-order chi connectivity index (χ1) is 13.7. The van der Waals surface area contributed by atoms with Crippen LogP contribution in [0.5, 0.6) is 5.75 Å². The van der Waals surface area contributed by atoms with E-state index in [1.54, 1.807) is 17.8 Å². The molecule has 0 saturated carbocycles. The first-order valence-corrected chi connectivity index (χ1v) is 9.75. The lowest BCUT2D eigenvalue weighted by Gasteiger charge is -2.10. The first-order valence-electron chi connectivity index (χ1n) is 8.94. The topological polar surface area (TPSA) is 26.3 Å². The second-order valence-corrected chi connectivity index (χ2v) is 7.34. The van der Waals surface area contributed by atoms with Crippen LogP contribution in [0.4, 0.5) is 0 Å². The van der Waals surface area contributed by atoms with Crippen LogP contribution >= 0.6 is 11.8 Å². The minimum absolute atomic E-state index is 0.456. The van der Waals surface area contributed by atoms with E-state index in [0.717, 1.165) is 20.6 Å². The molecule has 4 aromatic carbocycles. The molecular weight excluding hydrogens is 364 g/mol. The molecular formula is C25H18O2S. The van der Waals surface area contributed by atoms with Crippen LogP contribution in [-0.4, -0.2) is 5.97 Å². The van der Waals surface area contributed by atoms with Gasteiger partial charge < -0.3 is 4.74 Å². The van der Waals surface area contributed by atoms with Gasteiger partial charge in [-0.2, -0.15) is 0 Å². The van der Waals surface area contributed by atoms with E-state index in [-0.39, 0.29) is 0 Å². The Morgan fingerprint density at radius 2 is 1.43 bits per heavy atom. The summed E-state index contributed by atoms with van der Waals surface area (Å²) in [7, 11) is 0. The van der Waals surface area contributed by atoms with E-state index in [2.05, 4.69) is 49.0 Å². The molecule has 2 nitrogen and oxygen atoms in total. The molecule has 0 aliphatic heterocycles. The van der Waals surface area contributed by atoms with Crippen molar-refractivity contribution in [3.8, 4) is 16.9 Å². The number of carbonyl (C=O) groups excluding carboxylic acids is 1. The second kappa shape index (κ2) is 8.15. The van der Waals surface area contributed by atoms with E-state index >= 15 is 0 Å². The Bertz CT molecular complexity index is 1130. The summed E-state index contributed by atoms with van der Waals surface area (Å²) in [6, 6.07) is 30.6. The Hall–Kier alpha value is -3.30. The molecule has 3 heteroatoms. The van der Waals surface area contributed by atoms with Gasteiger partial charge in [-0.25, -0.2) is 4.79 Å². The minimum atomic E-state index is -0.456. The average molecular weight is 382 g/mol. The monoisotopic (exact) mass is 382 g/mol. The van der Waals surface area contributed by atoms with Crippen molar-refractivity contribution in [1.29, 1.82) is 0 Å². The molecule has 4 rings (SSSR count). The van der Waals surface area contributed by atoms with Crippen molar-refractivity contribution in [2.75, 3.05) is 0 Å². The fourth-order valence-electron chi connectivity index (χ4n) is 3.05. The molecule has 28 heavy (non-hydrogen) atoms. The number of benzene rings is 4. The predicted octanol–water partition coefficient (Wildman–Crippen LogP) is 6.75. The van der Waals surface area contributed by atoms with Gasteiger partial charge in [-0.3, -0.25) is 0 Å². The van der Waals surface area contributed by atoms with E-state index < -0.39 is 5.97 Å². The van der Waals surface area contributed by atoms with E-state index in [4.69, 9.17) is 4.74 Å². The Balaban J connectivity index is 1.64. The Kier molecular flexibility index (Phi) is 5.27. The lowest BCUT2D eigenvalue weighted by Crippen LogP contribution is -2.03. The smallest absolute Gasteiger partial charge is 0.335 e. The van der Waals surface area contributed by atoms with Crippen LogP contribution in [0.25, 0.3) is 21.9 Å². The van der Waals surface area contributed by atoms with Gasteiger partial charge in [0.2, 0.25) is 0 Å². The summed E-state index contributed by atoms with van der Waals surface area (Å²) in [6.07, 6.45) is 1.17. The molecule has 0 aromatic heterocycles. The molecule has 0 heterocycles. The maximum atomic E-state index is 11.6. The van der Waals surface area contributed by atoms with Gasteiger partial charge in [0.1, 0.15) is 5.75 Å². The predicted molar refractivity (Wildman–Crippen MR) is 116 cm³/mol. The SMILES string of the molecule is C=CC(=O)Oc1cccc2c(Sc3ccc(-c4ccccc4)cc3)cccc12. The van der Waals surface area contributed by atoms with Gasteiger partial charge >= 0.3 is 5.97 Å². The van der Waals surface area contributed by atoms with Crippen molar-refractivity contribution in [2.45, 2.75) is 9.79 Å². The standard InChI is InChI=1S/C25H18O2S/c1-2-25(26)27-23-12-6-11-22-21(23)10-7-13-24(22)28-20-16-14-19(15-17-20)18-8-4-3-5-9-18/h2-17H,1H2. The molecule has 0 atom stereocenters. The maximum Gasteiger partial charge on any atom is 0.335 e. The van der Waals surface area contributed by atoms with Crippen molar-refractivity contribution in [3.05, 3.63) is 104 Å². The van der Waals surface area contributed by atoms with Gasteiger partial charge in [0.25, 0.3) is 0 Å². The van der Waals surface area contributed by atoms with Crippen molar-refractivity contribution in [1.82, 2.24) is 0 Å². The number of fused-ring (bicyclic) bond motifs is 1. The quantitative estimate of drug-likeness (QED) is 0.217. The molecule has 0 unspecified atom stereocenters. The number of esters is 1. The first kappa shape index (κ1) is 18.1. The van der Waals surface area contributed by atoms with Crippen LogP contribution in [0, 0.1) is 0 Å². The van der Waals surface area contributed by atoms with Crippen LogP contribution in [0.1, 0.15) is 0 Å². The Labute approximate surface area is 168 Å². The minimum Gasteiger partial charge on any atom is -0.423 e. The van der Waals surface area contributed by atoms with Crippen LogP contribution in [0.2, 0.25) is 0 Å². The highest BCUT2D eigenvalue weighted by Crippen LogP contribution is 2.37. The molecule has 0 saturated heterocycles. The number of ether oxygens (including phenoxy) is 1. The van der Waals surface area contributed by atoms with E-state index in [1.165, 1.54) is 17.2 Å². The van der Waals surface area contributed by atoms with Gasteiger partial charge in [0.05, 0.1) is 0 Å². The zero-order valence-electron chi connectivity index (χ0n) is 15.2. The molecule has 0 spiro atoms. The van der Waals surface area contributed by atoms with Gasteiger partial charge in [0.15, 0.2) is 0 Å². The van der Waals surface area contributed by atoms with E-state index in [0.29, 0.717) is 5.75 Å². The third kappa shape index (κ3) is 3.85. The van der Waals surface area contributed by atoms with Crippen molar-refractivity contribution >= 4 is 28.5 Å². The molecule has 0 aliphatic rings. The normalized spacial score (nSPS) is 10.6. The number of hydrogen-bond acceptors (Lipinski definition) is 3. The highest BCUT2D eigenvalue weighted by Gasteiger charge is 2.09. The molecule has 4 aromatic rings. The lowest BCUT2D eigenvalue weighted by atomic mass is 10.1. The Morgan fingerprint density at radius 1 is 0.750 bits per heavy atom. The van der Waals surface area contributed by atoms with Crippen LogP contribution in [0.15, 0.2) is 113 Å². The number of rotatable bonds is 5. The van der Waals surface area contributed by atoms with Gasteiger partial charge in [-0.15, -0.1) is 0 Å². The fraction of sp³-hybridized carbons (Fsp3) is 0. The summed E-state index contributed by atoms with van der Waals surface area (Å²) in [6.45, 7) is 3.46. The van der Waals surface area contributed by atoms with E-state index in [9.17, 15) is 4.79 Å². The zero-order valence-corrected chi connectivity index (χ0v) is 16.0. The highest BCUT2D eigenvalue weighted by molar-refractivity contribution is 7.99. The van der Waals surface area contributed by atoms with Gasteiger partial charge in [0, 0.05) is 21.3 Å². The molecule has 0 bridgehead atoms. The third-order valence-corrected chi connectivity index (χ3v) is 5.49. The maximum absolute atomic E-state index is 11.6. The Morgan fingerprint density at radius 3 is 2.18 bits per heavy atom.